The zero-order valence-corrected chi connectivity index (χ0v) is 20.9. The molecule has 2 aromatic carbocycles. The summed E-state index contributed by atoms with van der Waals surface area (Å²) in [5.41, 5.74) is 4.65. The van der Waals surface area contributed by atoms with Gasteiger partial charge in [0, 0.05) is 16.6 Å². The molecule has 0 saturated carbocycles. The van der Waals surface area contributed by atoms with Crippen molar-refractivity contribution in [3.05, 3.63) is 68.9 Å². The number of aryl methyl sites for hydroxylation is 3. The first-order valence-corrected chi connectivity index (χ1v) is 12.0. The fourth-order valence-electron chi connectivity index (χ4n) is 3.12. The highest BCUT2D eigenvalue weighted by atomic mass is 79.9. The number of aromatic nitrogens is 3. The van der Waals surface area contributed by atoms with Gasteiger partial charge in [-0.3, -0.25) is 9.59 Å². The fraction of sp³-hybridized carbons (Fsp3) is 0.304. The number of carbonyl (C=O) groups excluding carboxylic acids is 2. The van der Waals surface area contributed by atoms with E-state index in [-0.39, 0.29) is 24.1 Å². The second-order valence-corrected chi connectivity index (χ2v) is 9.25. The molecule has 1 heterocycles. The first kappa shape index (κ1) is 24.0. The van der Waals surface area contributed by atoms with Gasteiger partial charge in [0.1, 0.15) is 0 Å². The Labute approximate surface area is 200 Å². The quantitative estimate of drug-likeness (QED) is 0.426. The Bertz CT molecular complexity index is 1150. The van der Waals surface area contributed by atoms with Crippen molar-refractivity contribution in [1.82, 2.24) is 20.1 Å². The van der Waals surface area contributed by atoms with Crippen molar-refractivity contribution < 1.29 is 9.59 Å². The average molecular weight is 516 g/mol. The van der Waals surface area contributed by atoms with Gasteiger partial charge in [-0.25, -0.2) is 0 Å². The SMILES string of the molecule is CCn1c(CNC(=O)c2cccc(C)c2)nnc1SCC(=O)Nc1cc(C)c(C)cc1Br. The van der Waals surface area contributed by atoms with Crippen LogP contribution in [-0.2, 0) is 17.9 Å². The van der Waals surface area contributed by atoms with Crippen LogP contribution >= 0.6 is 27.7 Å². The van der Waals surface area contributed by atoms with Gasteiger partial charge >= 0.3 is 0 Å². The molecule has 168 valence electrons. The molecule has 0 bridgehead atoms. The number of thioether (sulfide) groups is 1. The number of carbonyl (C=O) groups is 2. The third-order valence-electron chi connectivity index (χ3n) is 4.99. The maximum atomic E-state index is 12.5. The largest absolute Gasteiger partial charge is 0.345 e. The number of nitrogens with zero attached hydrogens (tertiary/aromatic N) is 3. The summed E-state index contributed by atoms with van der Waals surface area (Å²) >= 11 is 4.81. The normalized spacial score (nSPS) is 10.8. The van der Waals surface area contributed by atoms with Gasteiger partial charge in [0.25, 0.3) is 5.91 Å². The number of anilines is 1. The summed E-state index contributed by atoms with van der Waals surface area (Å²) in [6.07, 6.45) is 0. The summed E-state index contributed by atoms with van der Waals surface area (Å²) in [7, 11) is 0. The monoisotopic (exact) mass is 515 g/mol. The van der Waals surface area contributed by atoms with Gasteiger partial charge in [0.05, 0.1) is 18.0 Å². The lowest BCUT2D eigenvalue weighted by atomic mass is 10.1. The van der Waals surface area contributed by atoms with Gasteiger partial charge in [0.2, 0.25) is 5.91 Å². The van der Waals surface area contributed by atoms with Gasteiger partial charge in [-0.05, 0) is 79.0 Å². The minimum Gasteiger partial charge on any atom is -0.345 e. The first-order valence-electron chi connectivity index (χ1n) is 10.2. The van der Waals surface area contributed by atoms with Crippen LogP contribution in [0.4, 0.5) is 5.69 Å². The smallest absolute Gasteiger partial charge is 0.251 e. The molecule has 0 aliphatic heterocycles. The molecule has 32 heavy (non-hydrogen) atoms. The summed E-state index contributed by atoms with van der Waals surface area (Å²) in [6, 6.07) is 11.4. The van der Waals surface area contributed by atoms with E-state index in [0.717, 1.165) is 26.9 Å². The highest BCUT2D eigenvalue weighted by molar-refractivity contribution is 9.10. The van der Waals surface area contributed by atoms with Crippen LogP contribution in [0.5, 0.6) is 0 Å². The fourth-order valence-corrected chi connectivity index (χ4v) is 4.49. The van der Waals surface area contributed by atoms with E-state index in [1.54, 1.807) is 6.07 Å². The minimum absolute atomic E-state index is 0.126. The number of amides is 2. The molecule has 0 radical (unpaired) electrons. The standard InChI is InChI=1S/C23H26BrN5O2S/c1-5-29-20(12-25-22(31)17-8-6-7-14(2)9-17)27-28-23(29)32-13-21(30)26-19-11-16(4)15(3)10-18(19)24/h6-11H,5,12-13H2,1-4H3,(H,25,31)(H,26,30). The molecule has 1 aromatic heterocycles. The summed E-state index contributed by atoms with van der Waals surface area (Å²) in [6.45, 7) is 8.86. The molecular formula is C23H26BrN5O2S. The second-order valence-electron chi connectivity index (χ2n) is 7.45. The van der Waals surface area contributed by atoms with Gasteiger partial charge in [0.15, 0.2) is 11.0 Å². The summed E-state index contributed by atoms with van der Waals surface area (Å²) < 4.78 is 2.75. The average Bonchev–Trinajstić information content (AvgIpc) is 3.16. The number of rotatable bonds is 8. The molecule has 0 atom stereocenters. The Balaban J connectivity index is 1.59. The van der Waals surface area contributed by atoms with Crippen LogP contribution in [0.25, 0.3) is 0 Å². The molecule has 0 aliphatic carbocycles. The van der Waals surface area contributed by atoms with E-state index in [0.29, 0.717) is 23.1 Å². The van der Waals surface area contributed by atoms with Gasteiger partial charge in [-0.1, -0.05) is 29.5 Å². The van der Waals surface area contributed by atoms with Crippen molar-refractivity contribution in [2.75, 3.05) is 11.1 Å². The van der Waals surface area contributed by atoms with Crippen LogP contribution in [0, 0.1) is 20.8 Å². The van der Waals surface area contributed by atoms with Crippen molar-refractivity contribution in [2.24, 2.45) is 0 Å². The molecular weight excluding hydrogens is 490 g/mol. The summed E-state index contributed by atoms with van der Waals surface area (Å²) in [5, 5.41) is 14.9. The molecule has 0 aliphatic rings. The Hall–Kier alpha value is -2.65. The topological polar surface area (TPSA) is 88.9 Å². The third-order valence-corrected chi connectivity index (χ3v) is 6.61. The van der Waals surface area contributed by atoms with Crippen molar-refractivity contribution in [1.29, 1.82) is 0 Å². The van der Waals surface area contributed by atoms with Crippen molar-refractivity contribution in [3.8, 4) is 0 Å². The molecule has 0 fully saturated rings. The predicted molar refractivity (Wildman–Crippen MR) is 131 cm³/mol. The van der Waals surface area contributed by atoms with Crippen LogP contribution in [0.3, 0.4) is 0 Å². The number of hydrogen-bond donors (Lipinski definition) is 2. The second kappa shape index (κ2) is 10.8. The van der Waals surface area contributed by atoms with Crippen LogP contribution < -0.4 is 10.6 Å². The lowest BCUT2D eigenvalue weighted by Gasteiger charge is -2.11. The van der Waals surface area contributed by atoms with Crippen molar-refractivity contribution >= 4 is 45.2 Å². The molecule has 7 nitrogen and oxygen atoms in total. The zero-order valence-electron chi connectivity index (χ0n) is 18.5. The van der Waals surface area contributed by atoms with E-state index in [9.17, 15) is 9.59 Å². The highest BCUT2D eigenvalue weighted by Crippen LogP contribution is 2.26. The molecule has 9 heteroatoms. The van der Waals surface area contributed by atoms with Crippen LogP contribution in [-0.4, -0.2) is 32.3 Å². The summed E-state index contributed by atoms with van der Waals surface area (Å²) in [5.74, 6) is 0.562. The Kier molecular flexibility index (Phi) is 8.09. The zero-order chi connectivity index (χ0) is 23.3. The molecule has 0 spiro atoms. The van der Waals surface area contributed by atoms with E-state index in [4.69, 9.17) is 0 Å². The van der Waals surface area contributed by atoms with Gasteiger partial charge < -0.3 is 15.2 Å². The molecule has 0 unspecified atom stereocenters. The van der Waals surface area contributed by atoms with E-state index >= 15 is 0 Å². The number of benzene rings is 2. The predicted octanol–water partition coefficient (Wildman–Crippen LogP) is 4.65. The highest BCUT2D eigenvalue weighted by Gasteiger charge is 2.15. The van der Waals surface area contributed by atoms with Crippen LogP contribution in [0.15, 0.2) is 46.0 Å². The van der Waals surface area contributed by atoms with Crippen LogP contribution in [0.1, 0.15) is 39.8 Å². The van der Waals surface area contributed by atoms with E-state index in [1.165, 1.54) is 11.8 Å². The maximum absolute atomic E-state index is 12.5. The first-order chi connectivity index (χ1) is 15.3. The molecule has 0 saturated heterocycles. The lowest BCUT2D eigenvalue weighted by molar-refractivity contribution is -0.113. The molecule has 2 amide bonds. The Morgan fingerprint density at radius 3 is 2.56 bits per heavy atom. The molecule has 2 N–H and O–H groups in total. The number of hydrogen-bond acceptors (Lipinski definition) is 5. The Morgan fingerprint density at radius 2 is 1.84 bits per heavy atom. The van der Waals surface area contributed by atoms with E-state index in [2.05, 4.69) is 36.8 Å². The van der Waals surface area contributed by atoms with E-state index < -0.39 is 0 Å². The van der Waals surface area contributed by atoms with E-state index in [1.807, 2.05) is 62.6 Å². The van der Waals surface area contributed by atoms with Crippen molar-refractivity contribution in [3.63, 3.8) is 0 Å². The van der Waals surface area contributed by atoms with Gasteiger partial charge in [-0.15, -0.1) is 10.2 Å². The maximum Gasteiger partial charge on any atom is 0.251 e. The number of nitrogens with one attached hydrogen (secondary N) is 2. The number of halogens is 1. The third kappa shape index (κ3) is 5.98. The van der Waals surface area contributed by atoms with Crippen LogP contribution in [0.2, 0.25) is 0 Å². The Morgan fingerprint density at radius 1 is 1.09 bits per heavy atom. The molecule has 3 aromatic rings. The summed E-state index contributed by atoms with van der Waals surface area (Å²) in [4.78, 5) is 24.9. The van der Waals surface area contributed by atoms with Gasteiger partial charge in [-0.2, -0.15) is 0 Å². The minimum atomic E-state index is -0.160. The lowest BCUT2D eigenvalue weighted by Crippen LogP contribution is -2.25. The van der Waals surface area contributed by atoms with Crippen molar-refractivity contribution in [2.45, 2.75) is 45.9 Å². The molecule has 3 rings (SSSR count).